The topological polar surface area (TPSA) is 53.1 Å². The summed E-state index contributed by atoms with van der Waals surface area (Å²) in [5.41, 5.74) is 9.86. The van der Waals surface area contributed by atoms with Crippen LogP contribution in [0.4, 0.5) is 5.69 Å². The van der Waals surface area contributed by atoms with Gasteiger partial charge >= 0.3 is 0 Å². The van der Waals surface area contributed by atoms with Crippen molar-refractivity contribution >= 4 is 21.6 Å². The van der Waals surface area contributed by atoms with Crippen molar-refractivity contribution in [3.8, 4) is 5.75 Å². The largest absolute Gasteiger partial charge is 0.485 e. The molecule has 1 heterocycles. The molecular weight excluding hydrogens is 318 g/mol. The molecule has 0 bridgehead atoms. The minimum atomic E-state index is 0.453. The first kappa shape index (κ1) is 14.9. The average Bonchev–Trinajstić information content (AvgIpc) is 2.76. The zero-order valence-electron chi connectivity index (χ0n) is 12.1. The van der Waals surface area contributed by atoms with Crippen molar-refractivity contribution in [1.29, 1.82) is 0 Å². The third-order valence-electron chi connectivity index (χ3n) is 3.34. The Bertz CT molecular complexity index is 607. The number of nitrogen functional groups attached to an aromatic ring is 1. The molecule has 0 atom stereocenters. The molecule has 1 aromatic carbocycles. The van der Waals surface area contributed by atoms with Crippen molar-refractivity contribution in [2.24, 2.45) is 0 Å². The number of benzene rings is 1. The summed E-state index contributed by atoms with van der Waals surface area (Å²) < 4.78 is 8.87. The van der Waals surface area contributed by atoms with Crippen molar-refractivity contribution in [2.45, 2.75) is 40.3 Å². The molecule has 20 heavy (non-hydrogen) atoms. The van der Waals surface area contributed by atoms with Gasteiger partial charge < -0.3 is 10.5 Å². The standard InChI is InChI=1S/C15H20BrN3O/c1-4-11-14(16)12(19(5-2)18-11)9-20-13-8-6-7-10(3)15(13)17/h6-8H,4-5,9,17H2,1-3H3. The second kappa shape index (κ2) is 6.31. The molecule has 4 nitrogen and oxygen atoms in total. The summed E-state index contributed by atoms with van der Waals surface area (Å²) in [6, 6.07) is 5.82. The van der Waals surface area contributed by atoms with E-state index < -0.39 is 0 Å². The van der Waals surface area contributed by atoms with Crippen LogP contribution in [0.25, 0.3) is 0 Å². The van der Waals surface area contributed by atoms with Gasteiger partial charge in [0.05, 0.1) is 21.5 Å². The number of ether oxygens (including phenoxy) is 1. The van der Waals surface area contributed by atoms with Gasteiger partial charge in [0.1, 0.15) is 12.4 Å². The van der Waals surface area contributed by atoms with Gasteiger partial charge in [-0.1, -0.05) is 19.1 Å². The van der Waals surface area contributed by atoms with Crippen LogP contribution in [-0.4, -0.2) is 9.78 Å². The second-order valence-electron chi connectivity index (χ2n) is 4.65. The Labute approximate surface area is 128 Å². The van der Waals surface area contributed by atoms with E-state index in [-0.39, 0.29) is 0 Å². The molecule has 0 aliphatic carbocycles. The summed E-state index contributed by atoms with van der Waals surface area (Å²) in [6.45, 7) is 7.42. The zero-order chi connectivity index (χ0) is 14.7. The molecular formula is C15H20BrN3O. The molecule has 0 aliphatic heterocycles. The third kappa shape index (κ3) is 2.82. The molecule has 0 aliphatic rings. The summed E-state index contributed by atoms with van der Waals surface area (Å²) in [5.74, 6) is 0.721. The van der Waals surface area contributed by atoms with E-state index in [9.17, 15) is 0 Å². The molecule has 0 amide bonds. The van der Waals surface area contributed by atoms with Crippen molar-refractivity contribution < 1.29 is 4.74 Å². The molecule has 2 aromatic rings. The maximum Gasteiger partial charge on any atom is 0.143 e. The zero-order valence-corrected chi connectivity index (χ0v) is 13.7. The molecule has 108 valence electrons. The fourth-order valence-electron chi connectivity index (χ4n) is 2.08. The average molecular weight is 338 g/mol. The molecule has 1 aromatic heterocycles. The Hall–Kier alpha value is -1.49. The molecule has 0 radical (unpaired) electrons. The smallest absolute Gasteiger partial charge is 0.143 e. The lowest BCUT2D eigenvalue weighted by Crippen LogP contribution is -2.07. The maximum absolute atomic E-state index is 6.03. The highest BCUT2D eigenvalue weighted by Crippen LogP contribution is 2.28. The fourth-order valence-corrected chi connectivity index (χ4v) is 2.76. The van der Waals surface area contributed by atoms with Gasteiger partial charge in [0, 0.05) is 6.54 Å². The normalized spacial score (nSPS) is 10.8. The van der Waals surface area contributed by atoms with E-state index in [2.05, 4.69) is 34.9 Å². The highest BCUT2D eigenvalue weighted by atomic mass is 79.9. The lowest BCUT2D eigenvalue weighted by Gasteiger charge is -2.11. The monoisotopic (exact) mass is 337 g/mol. The molecule has 2 rings (SSSR count). The maximum atomic E-state index is 6.03. The Morgan fingerprint density at radius 2 is 2.10 bits per heavy atom. The molecule has 0 unspecified atom stereocenters. The van der Waals surface area contributed by atoms with Crippen molar-refractivity contribution in [3.05, 3.63) is 39.6 Å². The van der Waals surface area contributed by atoms with E-state index in [1.54, 1.807) is 0 Å². The molecule has 5 heteroatoms. The SMILES string of the molecule is CCc1nn(CC)c(COc2cccc(C)c2N)c1Br. The van der Waals surface area contributed by atoms with E-state index in [4.69, 9.17) is 10.5 Å². The van der Waals surface area contributed by atoms with Gasteiger partial charge in [-0.3, -0.25) is 4.68 Å². The van der Waals surface area contributed by atoms with Gasteiger partial charge in [0.25, 0.3) is 0 Å². The number of para-hydroxylation sites is 1. The van der Waals surface area contributed by atoms with Gasteiger partial charge in [0.2, 0.25) is 0 Å². The Kier molecular flexibility index (Phi) is 4.70. The summed E-state index contributed by atoms with van der Waals surface area (Å²) in [5, 5.41) is 4.56. The number of hydrogen-bond acceptors (Lipinski definition) is 3. The highest BCUT2D eigenvalue weighted by Gasteiger charge is 2.15. The Morgan fingerprint density at radius 3 is 2.75 bits per heavy atom. The predicted molar refractivity (Wildman–Crippen MR) is 84.9 cm³/mol. The van der Waals surface area contributed by atoms with Crippen LogP contribution in [0.5, 0.6) is 5.75 Å². The second-order valence-corrected chi connectivity index (χ2v) is 5.45. The van der Waals surface area contributed by atoms with Crippen LogP contribution in [-0.2, 0) is 19.6 Å². The minimum absolute atomic E-state index is 0.453. The van der Waals surface area contributed by atoms with Gasteiger partial charge in [-0.15, -0.1) is 0 Å². The summed E-state index contributed by atoms with van der Waals surface area (Å²) in [7, 11) is 0. The molecule has 0 saturated heterocycles. The van der Waals surface area contributed by atoms with Crippen molar-refractivity contribution in [2.75, 3.05) is 5.73 Å². The third-order valence-corrected chi connectivity index (χ3v) is 4.26. The van der Waals surface area contributed by atoms with E-state index in [0.29, 0.717) is 12.3 Å². The Morgan fingerprint density at radius 1 is 1.35 bits per heavy atom. The van der Waals surface area contributed by atoms with Gasteiger partial charge in [-0.2, -0.15) is 5.10 Å². The first-order valence-corrected chi connectivity index (χ1v) is 7.59. The summed E-state index contributed by atoms with van der Waals surface area (Å²) >= 11 is 3.62. The number of aromatic nitrogens is 2. The Balaban J connectivity index is 2.22. The van der Waals surface area contributed by atoms with Crippen LogP contribution < -0.4 is 10.5 Å². The van der Waals surface area contributed by atoms with E-state index >= 15 is 0 Å². The van der Waals surface area contributed by atoms with Gasteiger partial charge in [0.15, 0.2) is 0 Å². The highest BCUT2D eigenvalue weighted by molar-refractivity contribution is 9.10. The van der Waals surface area contributed by atoms with E-state index in [1.807, 2.05) is 29.8 Å². The van der Waals surface area contributed by atoms with Crippen LogP contribution in [0.15, 0.2) is 22.7 Å². The molecule has 0 spiro atoms. The number of rotatable bonds is 5. The quantitative estimate of drug-likeness (QED) is 0.846. The number of anilines is 1. The number of nitrogens with zero attached hydrogens (tertiary/aromatic N) is 2. The lowest BCUT2D eigenvalue weighted by molar-refractivity contribution is 0.293. The van der Waals surface area contributed by atoms with Crippen LogP contribution in [0.3, 0.4) is 0 Å². The molecule has 0 fully saturated rings. The first-order valence-electron chi connectivity index (χ1n) is 6.80. The van der Waals surface area contributed by atoms with E-state index in [1.165, 1.54) is 0 Å². The van der Waals surface area contributed by atoms with Crippen molar-refractivity contribution in [3.63, 3.8) is 0 Å². The minimum Gasteiger partial charge on any atom is -0.485 e. The number of nitrogens with two attached hydrogens (primary N) is 1. The molecule has 2 N–H and O–H groups in total. The number of halogens is 1. The summed E-state index contributed by atoms with van der Waals surface area (Å²) in [4.78, 5) is 0. The predicted octanol–water partition coefficient (Wildman–Crippen LogP) is 3.70. The van der Waals surface area contributed by atoms with E-state index in [0.717, 1.165) is 40.1 Å². The van der Waals surface area contributed by atoms with Crippen LogP contribution >= 0.6 is 15.9 Å². The fraction of sp³-hybridized carbons (Fsp3) is 0.400. The number of hydrogen-bond donors (Lipinski definition) is 1. The lowest BCUT2D eigenvalue weighted by atomic mass is 10.2. The summed E-state index contributed by atoms with van der Waals surface area (Å²) in [6.07, 6.45) is 0.896. The van der Waals surface area contributed by atoms with Crippen molar-refractivity contribution in [1.82, 2.24) is 9.78 Å². The number of aryl methyl sites for hydroxylation is 3. The van der Waals surface area contributed by atoms with Crippen LogP contribution in [0.1, 0.15) is 30.8 Å². The van der Waals surface area contributed by atoms with Gasteiger partial charge in [-0.05, 0) is 47.8 Å². The van der Waals surface area contributed by atoms with Crippen LogP contribution in [0, 0.1) is 6.92 Å². The molecule has 0 saturated carbocycles. The van der Waals surface area contributed by atoms with Gasteiger partial charge in [-0.25, -0.2) is 0 Å². The van der Waals surface area contributed by atoms with Crippen LogP contribution in [0.2, 0.25) is 0 Å². The first-order chi connectivity index (χ1) is 9.58.